The summed E-state index contributed by atoms with van der Waals surface area (Å²) >= 11 is 0. The Balaban J connectivity index is 1.66. The van der Waals surface area contributed by atoms with Gasteiger partial charge in [0.05, 0.1) is 5.56 Å². The Bertz CT molecular complexity index is 499. The maximum atomic E-state index is 11.0. The smallest absolute Gasteiger partial charge is 0.337 e. The number of carboxylic acid groups (broad SMARTS) is 1. The number of benzene rings is 1. The van der Waals surface area contributed by atoms with Crippen LogP contribution >= 0.6 is 0 Å². The van der Waals surface area contributed by atoms with Gasteiger partial charge in [-0.2, -0.15) is 0 Å². The third-order valence-corrected chi connectivity index (χ3v) is 3.94. The van der Waals surface area contributed by atoms with Crippen LogP contribution < -0.4 is 11.1 Å². The first-order valence-corrected chi connectivity index (χ1v) is 6.77. The Kier molecular flexibility index (Phi) is 3.06. The highest BCUT2D eigenvalue weighted by molar-refractivity contribution is 5.94. The molecule has 0 aromatic heterocycles. The molecule has 4 N–H and O–H groups in total. The van der Waals surface area contributed by atoms with Crippen LogP contribution in [0.15, 0.2) is 18.2 Å². The predicted molar refractivity (Wildman–Crippen MR) is 74.4 cm³/mol. The Morgan fingerprint density at radius 2 is 2.16 bits per heavy atom. The summed E-state index contributed by atoms with van der Waals surface area (Å²) in [6, 6.07) is 6.33. The SMILES string of the molecule is Nc1ccc(NC2CCN(C3CC3)C2)cc1C(=O)O. The Hall–Kier alpha value is -1.75. The summed E-state index contributed by atoms with van der Waals surface area (Å²) in [6.45, 7) is 2.19. The van der Waals surface area contributed by atoms with Crippen LogP contribution in [0.3, 0.4) is 0 Å². The zero-order valence-corrected chi connectivity index (χ0v) is 10.8. The summed E-state index contributed by atoms with van der Waals surface area (Å²) in [6.07, 6.45) is 3.78. The van der Waals surface area contributed by atoms with Crippen molar-refractivity contribution < 1.29 is 9.90 Å². The first kappa shape index (κ1) is 12.3. The van der Waals surface area contributed by atoms with Crippen LogP contribution in [-0.2, 0) is 0 Å². The molecule has 0 spiro atoms. The zero-order chi connectivity index (χ0) is 13.4. The molecule has 1 heterocycles. The van der Waals surface area contributed by atoms with Crippen LogP contribution in [-0.4, -0.2) is 41.1 Å². The molecule has 2 fully saturated rings. The molecule has 1 saturated carbocycles. The lowest BCUT2D eigenvalue weighted by atomic mass is 10.1. The van der Waals surface area contributed by atoms with Crippen molar-refractivity contribution in [2.75, 3.05) is 24.1 Å². The number of nitrogen functional groups attached to an aromatic ring is 1. The summed E-state index contributed by atoms with van der Waals surface area (Å²) in [7, 11) is 0. The normalized spacial score (nSPS) is 23.5. The molecule has 0 amide bonds. The van der Waals surface area contributed by atoms with Crippen LogP contribution in [0.25, 0.3) is 0 Å². The van der Waals surface area contributed by atoms with Crippen LogP contribution in [0.5, 0.6) is 0 Å². The van der Waals surface area contributed by atoms with E-state index in [0.717, 1.165) is 31.2 Å². The number of aromatic carboxylic acids is 1. The maximum absolute atomic E-state index is 11.0. The van der Waals surface area contributed by atoms with E-state index in [1.807, 2.05) is 6.07 Å². The summed E-state index contributed by atoms with van der Waals surface area (Å²) in [5.74, 6) is -0.979. The Morgan fingerprint density at radius 1 is 1.37 bits per heavy atom. The number of likely N-dealkylation sites (tertiary alicyclic amines) is 1. The average Bonchev–Trinajstić information content (AvgIpc) is 3.12. The van der Waals surface area contributed by atoms with Gasteiger partial charge in [-0.25, -0.2) is 4.79 Å². The third kappa shape index (κ3) is 2.66. The first-order chi connectivity index (χ1) is 9.13. The van der Waals surface area contributed by atoms with Gasteiger partial charge in [-0.05, 0) is 37.5 Å². The topological polar surface area (TPSA) is 78.6 Å². The van der Waals surface area contributed by atoms with Crippen molar-refractivity contribution in [2.45, 2.75) is 31.3 Å². The van der Waals surface area contributed by atoms with Gasteiger partial charge < -0.3 is 16.2 Å². The van der Waals surface area contributed by atoms with Crippen molar-refractivity contribution in [2.24, 2.45) is 0 Å². The number of carbonyl (C=O) groups is 1. The molecule has 1 aliphatic heterocycles. The number of rotatable bonds is 4. The van der Waals surface area contributed by atoms with Crippen molar-refractivity contribution in [1.82, 2.24) is 4.90 Å². The number of anilines is 2. The highest BCUT2D eigenvalue weighted by atomic mass is 16.4. The largest absolute Gasteiger partial charge is 0.478 e. The molecule has 1 saturated heterocycles. The van der Waals surface area contributed by atoms with Gasteiger partial charge in [0.15, 0.2) is 0 Å². The van der Waals surface area contributed by atoms with E-state index in [9.17, 15) is 4.79 Å². The van der Waals surface area contributed by atoms with E-state index in [4.69, 9.17) is 10.8 Å². The van der Waals surface area contributed by atoms with E-state index < -0.39 is 5.97 Å². The molecule has 1 aromatic rings. The van der Waals surface area contributed by atoms with Gasteiger partial charge in [-0.3, -0.25) is 4.90 Å². The second kappa shape index (κ2) is 4.74. The summed E-state index contributed by atoms with van der Waals surface area (Å²) in [5, 5.41) is 12.5. The molecule has 1 unspecified atom stereocenters. The number of hydrogen-bond acceptors (Lipinski definition) is 4. The molecule has 0 bridgehead atoms. The van der Waals surface area contributed by atoms with Crippen LogP contribution in [0, 0.1) is 0 Å². The quantitative estimate of drug-likeness (QED) is 0.718. The minimum atomic E-state index is -0.979. The van der Waals surface area contributed by atoms with Gasteiger partial charge in [-0.15, -0.1) is 0 Å². The van der Waals surface area contributed by atoms with Crippen LogP contribution in [0.2, 0.25) is 0 Å². The molecule has 1 aromatic carbocycles. The fraction of sp³-hybridized carbons (Fsp3) is 0.500. The van der Waals surface area contributed by atoms with E-state index >= 15 is 0 Å². The van der Waals surface area contributed by atoms with E-state index in [0.29, 0.717) is 11.7 Å². The van der Waals surface area contributed by atoms with Gasteiger partial charge in [0.2, 0.25) is 0 Å². The number of nitrogens with two attached hydrogens (primary N) is 1. The molecule has 2 aliphatic rings. The molecule has 0 radical (unpaired) electrons. The molecule has 5 heteroatoms. The lowest BCUT2D eigenvalue weighted by molar-refractivity contribution is 0.0698. The van der Waals surface area contributed by atoms with E-state index in [-0.39, 0.29) is 5.56 Å². The minimum Gasteiger partial charge on any atom is -0.478 e. The van der Waals surface area contributed by atoms with Crippen molar-refractivity contribution in [3.05, 3.63) is 23.8 Å². The fourth-order valence-electron chi connectivity index (χ4n) is 2.74. The standard InChI is InChI=1S/C14H19N3O2/c15-13-4-1-9(7-12(13)14(18)19)16-10-5-6-17(8-10)11-2-3-11/h1,4,7,10-11,16H,2-3,5-6,8,15H2,(H,18,19). The molecule has 19 heavy (non-hydrogen) atoms. The molecule has 102 valence electrons. The zero-order valence-electron chi connectivity index (χ0n) is 10.8. The number of hydrogen-bond donors (Lipinski definition) is 3. The van der Waals surface area contributed by atoms with Crippen molar-refractivity contribution >= 4 is 17.3 Å². The van der Waals surface area contributed by atoms with Crippen molar-refractivity contribution in [3.8, 4) is 0 Å². The second-order valence-corrected chi connectivity index (χ2v) is 5.46. The summed E-state index contributed by atoms with van der Waals surface area (Å²) < 4.78 is 0. The minimum absolute atomic E-state index is 0.169. The van der Waals surface area contributed by atoms with Gasteiger partial charge in [0.1, 0.15) is 0 Å². The van der Waals surface area contributed by atoms with E-state index in [2.05, 4.69) is 10.2 Å². The predicted octanol–water partition coefficient (Wildman–Crippen LogP) is 1.62. The molecule has 5 nitrogen and oxygen atoms in total. The van der Waals surface area contributed by atoms with Gasteiger partial charge in [0.25, 0.3) is 0 Å². The average molecular weight is 261 g/mol. The van der Waals surface area contributed by atoms with Gasteiger partial charge in [-0.1, -0.05) is 0 Å². The molecule has 1 atom stereocenters. The maximum Gasteiger partial charge on any atom is 0.337 e. The highest BCUT2D eigenvalue weighted by Gasteiger charge is 2.34. The van der Waals surface area contributed by atoms with E-state index in [1.54, 1.807) is 12.1 Å². The van der Waals surface area contributed by atoms with Gasteiger partial charge >= 0.3 is 5.97 Å². The summed E-state index contributed by atoms with van der Waals surface area (Å²) in [4.78, 5) is 13.6. The van der Waals surface area contributed by atoms with Crippen molar-refractivity contribution in [3.63, 3.8) is 0 Å². The van der Waals surface area contributed by atoms with E-state index in [1.165, 1.54) is 12.8 Å². The first-order valence-electron chi connectivity index (χ1n) is 6.77. The highest BCUT2D eigenvalue weighted by Crippen LogP contribution is 2.30. The molecular formula is C14H19N3O2. The molecule has 3 rings (SSSR count). The fourth-order valence-corrected chi connectivity index (χ4v) is 2.74. The molecular weight excluding hydrogens is 242 g/mol. The Morgan fingerprint density at radius 3 is 2.84 bits per heavy atom. The van der Waals surface area contributed by atoms with Crippen molar-refractivity contribution in [1.29, 1.82) is 0 Å². The molecule has 1 aliphatic carbocycles. The number of nitrogens with one attached hydrogen (secondary N) is 1. The number of carboxylic acids is 1. The monoisotopic (exact) mass is 261 g/mol. The lowest BCUT2D eigenvalue weighted by Crippen LogP contribution is -2.27. The summed E-state index contributed by atoms with van der Waals surface area (Å²) in [5.41, 5.74) is 6.97. The van der Waals surface area contributed by atoms with Crippen LogP contribution in [0.1, 0.15) is 29.6 Å². The lowest BCUT2D eigenvalue weighted by Gasteiger charge is -2.17. The van der Waals surface area contributed by atoms with Crippen LogP contribution in [0.4, 0.5) is 11.4 Å². The Labute approximate surface area is 112 Å². The third-order valence-electron chi connectivity index (χ3n) is 3.94. The van der Waals surface area contributed by atoms with Gasteiger partial charge in [0, 0.05) is 36.5 Å². The number of nitrogens with zero attached hydrogens (tertiary/aromatic N) is 1. The second-order valence-electron chi connectivity index (χ2n) is 5.46.